The molecule has 0 aliphatic carbocycles. The highest BCUT2D eigenvalue weighted by atomic mass is 35.5. The maximum atomic E-state index is 11.9. The van der Waals surface area contributed by atoms with Gasteiger partial charge in [-0.3, -0.25) is 4.72 Å². The van der Waals surface area contributed by atoms with Crippen molar-refractivity contribution in [3.05, 3.63) is 76.4 Å². The molecule has 7 nitrogen and oxygen atoms in total. The summed E-state index contributed by atoms with van der Waals surface area (Å²) in [6.07, 6.45) is 3.30. The minimum atomic E-state index is -2.47. The van der Waals surface area contributed by atoms with Crippen LogP contribution in [0.15, 0.2) is 54.7 Å². The number of alkyl halides is 1. The van der Waals surface area contributed by atoms with Crippen LogP contribution < -0.4 is 9.46 Å². The Morgan fingerprint density at radius 2 is 1.89 bits per heavy atom. The van der Waals surface area contributed by atoms with Crippen LogP contribution in [0.4, 0.5) is 5.95 Å². The lowest BCUT2D eigenvalue weighted by molar-refractivity contribution is 0.341. The first-order chi connectivity index (χ1) is 17.0. The number of aromatic nitrogens is 3. The third-order valence-electron chi connectivity index (χ3n) is 5.79. The van der Waals surface area contributed by atoms with Gasteiger partial charge in [-0.05, 0) is 52.4 Å². The van der Waals surface area contributed by atoms with Crippen LogP contribution in [0.5, 0.6) is 5.75 Å². The average molecular weight is 542 g/mol. The first-order valence-corrected chi connectivity index (χ1v) is 14.1. The third-order valence-corrected chi connectivity index (χ3v) is 6.84. The van der Waals surface area contributed by atoms with Crippen LogP contribution in [-0.2, 0) is 15.1 Å². The van der Waals surface area contributed by atoms with Crippen LogP contribution >= 0.6 is 23.2 Å². The molecule has 0 saturated heterocycles. The Labute approximate surface area is 220 Å². The molecule has 0 spiro atoms. The second-order valence-corrected chi connectivity index (χ2v) is 11.9. The summed E-state index contributed by atoms with van der Waals surface area (Å²) in [7, 11) is -2.47. The van der Waals surface area contributed by atoms with Gasteiger partial charge in [0.05, 0.1) is 16.5 Å². The van der Waals surface area contributed by atoms with E-state index >= 15 is 0 Å². The first-order valence-electron chi connectivity index (χ1n) is 11.0. The van der Waals surface area contributed by atoms with E-state index in [1.165, 1.54) is 6.26 Å². The molecule has 4 rings (SSSR count). The molecule has 0 fully saturated rings. The maximum Gasteiger partial charge on any atom is 0.254 e. The Balaban J connectivity index is 1.63. The molecule has 2 aromatic carbocycles. The van der Waals surface area contributed by atoms with Crippen molar-refractivity contribution in [2.45, 2.75) is 19.3 Å². The molecule has 1 unspecified atom stereocenters. The summed E-state index contributed by atoms with van der Waals surface area (Å²) >= 11 is 12.2. The van der Waals surface area contributed by atoms with Crippen molar-refractivity contribution in [2.75, 3.05) is 23.5 Å². The lowest BCUT2D eigenvalue weighted by Crippen LogP contribution is -2.19. The predicted octanol–water partition coefficient (Wildman–Crippen LogP) is 5.54. The zero-order chi connectivity index (χ0) is 26.1. The molecule has 10 heteroatoms. The number of nitrogens with zero attached hydrogens (tertiary/aromatic N) is 4. The topological polar surface area (TPSA) is 92.3 Å². The fourth-order valence-corrected chi connectivity index (χ4v) is 4.69. The number of ether oxygens (including phenoxy) is 1. The van der Waals surface area contributed by atoms with Crippen LogP contribution in [0.3, 0.4) is 0 Å². The standard InChI is InChI=1S/C26H25Cl2N5O2S/c1-26(2,21-13-19(16-29)24(22(28)15-21)35-12-10-27)20-7-5-17(6-8-20)18-9-11-33-23(14-18)30-25(31-33)32-36(3,4)34/h5-9,11,13-15H,3,10,12H2,1-2,4H3,(H,31,32,34). The molecular formula is C26H25Cl2N5O2S. The zero-order valence-electron chi connectivity index (χ0n) is 20.1. The van der Waals surface area contributed by atoms with Crippen molar-refractivity contribution < 1.29 is 8.95 Å². The van der Waals surface area contributed by atoms with Gasteiger partial charge in [0.25, 0.3) is 5.95 Å². The van der Waals surface area contributed by atoms with Crippen molar-refractivity contribution in [3.63, 3.8) is 0 Å². The number of rotatable bonds is 8. The lowest BCUT2D eigenvalue weighted by atomic mass is 9.77. The highest BCUT2D eigenvalue weighted by Crippen LogP contribution is 2.38. The van der Waals surface area contributed by atoms with Gasteiger partial charge in [0.1, 0.15) is 12.7 Å². The summed E-state index contributed by atoms with van der Waals surface area (Å²) in [6, 6.07) is 17.9. The summed E-state index contributed by atoms with van der Waals surface area (Å²) in [6.45, 7) is 4.44. The van der Waals surface area contributed by atoms with E-state index in [0.29, 0.717) is 27.9 Å². The molecule has 1 N–H and O–H groups in total. The SMILES string of the molecule is C=S(C)(=O)Nc1nc2cc(-c3ccc(C(C)(C)c4cc(Cl)c(OCCCl)c(C#N)c4)cc3)ccn2n1. The quantitative estimate of drug-likeness (QED) is 0.233. The number of fused-ring (bicyclic) bond motifs is 1. The van der Waals surface area contributed by atoms with E-state index in [1.54, 1.807) is 10.7 Å². The van der Waals surface area contributed by atoms with Gasteiger partial charge in [0, 0.05) is 27.6 Å². The summed E-state index contributed by atoms with van der Waals surface area (Å²) in [4.78, 5) is 4.40. The summed E-state index contributed by atoms with van der Waals surface area (Å²) < 4.78 is 21.8. The molecule has 0 amide bonds. The number of anilines is 1. The molecule has 0 saturated carbocycles. The molecule has 36 heavy (non-hydrogen) atoms. The fraction of sp³-hybridized carbons (Fsp3) is 0.231. The summed E-state index contributed by atoms with van der Waals surface area (Å²) in [5.41, 5.74) is 4.51. The van der Waals surface area contributed by atoms with Crippen LogP contribution in [-0.4, -0.2) is 43.4 Å². The van der Waals surface area contributed by atoms with Gasteiger partial charge in [-0.2, -0.15) is 10.2 Å². The Bertz CT molecular complexity index is 1570. The number of nitriles is 1. The molecule has 2 aromatic heterocycles. The number of hydrogen-bond donors (Lipinski definition) is 1. The molecule has 0 bridgehead atoms. The number of benzene rings is 2. The Morgan fingerprint density at radius 1 is 1.17 bits per heavy atom. The molecule has 1 atom stereocenters. The van der Waals surface area contributed by atoms with Gasteiger partial charge in [0.15, 0.2) is 11.4 Å². The van der Waals surface area contributed by atoms with E-state index in [0.717, 1.165) is 22.3 Å². The van der Waals surface area contributed by atoms with Gasteiger partial charge in [-0.25, -0.2) is 8.72 Å². The predicted molar refractivity (Wildman–Crippen MR) is 148 cm³/mol. The van der Waals surface area contributed by atoms with E-state index < -0.39 is 15.1 Å². The highest BCUT2D eigenvalue weighted by Gasteiger charge is 2.26. The van der Waals surface area contributed by atoms with Crippen molar-refractivity contribution in [1.82, 2.24) is 14.6 Å². The first kappa shape index (κ1) is 25.8. The maximum absolute atomic E-state index is 11.9. The highest BCUT2D eigenvalue weighted by molar-refractivity contribution is 8.00. The van der Waals surface area contributed by atoms with Crippen LogP contribution in [0.1, 0.15) is 30.5 Å². The molecular weight excluding hydrogens is 517 g/mol. The largest absolute Gasteiger partial charge is 0.489 e. The van der Waals surface area contributed by atoms with E-state index in [-0.39, 0.29) is 12.6 Å². The van der Waals surface area contributed by atoms with Gasteiger partial charge in [-0.15, -0.1) is 16.7 Å². The summed E-state index contributed by atoms with van der Waals surface area (Å²) in [5, 5.41) is 14.3. The van der Waals surface area contributed by atoms with Crippen molar-refractivity contribution >= 4 is 50.4 Å². The zero-order valence-corrected chi connectivity index (χ0v) is 22.4. The number of pyridine rings is 1. The van der Waals surface area contributed by atoms with Crippen molar-refractivity contribution in [3.8, 4) is 22.9 Å². The minimum Gasteiger partial charge on any atom is -0.489 e. The minimum absolute atomic E-state index is 0.265. The molecule has 4 aromatic rings. The summed E-state index contributed by atoms with van der Waals surface area (Å²) in [5.74, 6) is 4.50. The number of hydrogen-bond acceptors (Lipinski definition) is 5. The van der Waals surface area contributed by atoms with Crippen LogP contribution in [0.25, 0.3) is 16.8 Å². The van der Waals surface area contributed by atoms with E-state index in [9.17, 15) is 9.47 Å². The number of nitrogens with one attached hydrogen (secondary N) is 1. The molecule has 2 heterocycles. The lowest BCUT2D eigenvalue weighted by Gasteiger charge is -2.27. The smallest absolute Gasteiger partial charge is 0.254 e. The normalized spacial score (nSPS) is 13.2. The van der Waals surface area contributed by atoms with Crippen LogP contribution in [0, 0.1) is 11.3 Å². The molecule has 0 radical (unpaired) electrons. The van der Waals surface area contributed by atoms with E-state index in [4.69, 9.17) is 27.9 Å². The molecule has 0 aliphatic heterocycles. The van der Waals surface area contributed by atoms with Crippen molar-refractivity contribution in [2.24, 2.45) is 0 Å². The van der Waals surface area contributed by atoms with E-state index in [1.807, 2.05) is 36.4 Å². The Kier molecular flexibility index (Phi) is 7.19. The monoisotopic (exact) mass is 541 g/mol. The Hall–Kier alpha value is -3.25. The third kappa shape index (κ3) is 5.44. The van der Waals surface area contributed by atoms with Crippen LogP contribution in [0.2, 0.25) is 5.02 Å². The Morgan fingerprint density at radius 3 is 2.53 bits per heavy atom. The van der Waals surface area contributed by atoms with E-state index in [2.05, 4.69) is 52.7 Å². The van der Waals surface area contributed by atoms with Gasteiger partial charge >= 0.3 is 0 Å². The van der Waals surface area contributed by atoms with Gasteiger partial charge < -0.3 is 4.74 Å². The molecule has 186 valence electrons. The fourth-order valence-electron chi connectivity index (χ4n) is 3.87. The average Bonchev–Trinajstić information content (AvgIpc) is 3.22. The second-order valence-electron chi connectivity index (χ2n) is 8.95. The number of halogens is 2. The second kappa shape index (κ2) is 10.0. The van der Waals surface area contributed by atoms with Gasteiger partial charge in [0.2, 0.25) is 0 Å². The molecule has 0 aliphatic rings. The van der Waals surface area contributed by atoms with Gasteiger partial charge in [-0.1, -0.05) is 49.7 Å². The van der Waals surface area contributed by atoms with Crippen molar-refractivity contribution in [1.29, 1.82) is 5.26 Å².